The van der Waals surface area contributed by atoms with Crippen molar-refractivity contribution in [3.05, 3.63) is 76.9 Å². The number of carbonyl (C=O) groups is 1. The first-order valence-corrected chi connectivity index (χ1v) is 11.8. The van der Waals surface area contributed by atoms with Gasteiger partial charge in [-0.2, -0.15) is 4.98 Å². The van der Waals surface area contributed by atoms with Gasteiger partial charge in [0.2, 0.25) is 5.89 Å². The predicted octanol–water partition coefficient (Wildman–Crippen LogP) is 5.84. The fourth-order valence-corrected chi connectivity index (χ4v) is 5.30. The first-order valence-electron chi connectivity index (χ1n) is 9.09. The lowest BCUT2D eigenvalue weighted by Gasteiger charge is -2.10. The van der Waals surface area contributed by atoms with E-state index in [9.17, 15) is 4.79 Å². The summed E-state index contributed by atoms with van der Waals surface area (Å²) >= 11 is 4.73. The zero-order valence-corrected chi connectivity index (χ0v) is 18.7. The van der Waals surface area contributed by atoms with Crippen LogP contribution in [0.15, 0.2) is 72.6 Å². The molecule has 2 aromatic heterocycles. The molecule has 6 nitrogen and oxygen atoms in total. The fourth-order valence-electron chi connectivity index (χ4n) is 2.60. The van der Waals surface area contributed by atoms with Crippen LogP contribution < -0.4 is 5.32 Å². The number of nitrogens with one attached hydrogen (secondary N) is 1. The number of benzene rings is 2. The molecule has 0 saturated carbocycles. The van der Waals surface area contributed by atoms with Gasteiger partial charge in [-0.1, -0.05) is 29.1 Å². The molecule has 0 atom stereocenters. The molecule has 30 heavy (non-hydrogen) atoms. The Morgan fingerprint density at radius 3 is 2.60 bits per heavy atom. The number of amides is 1. The van der Waals surface area contributed by atoms with Gasteiger partial charge < -0.3 is 9.84 Å². The van der Waals surface area contributed by atoms with E-state index in [0.29, 0.717) is 23.0 Å². The van der Waals surface area contributed by atoms with Gasteiger partial charge in [0.1, 0.15) is 0 Å². The molecule has 0 fully saturated rings. The van der Waals surface area contributed by atoms with Crippen molar-refractivity contribution in [2.24, 2.45) is 0 Å². The summed E-state index contributed by atoms with van der Waals surface area (Å²) in [5.74, 6) is 1.49. The summed E-state index contributed by atoms with van der Waals surface area (Å²) in [5.41, 5.74) is 2.37. The molecule has 9 heteroatoms. The molecule has 0 unspecified atom stereocenters. The average molecular weight is 455 g/mol. The van der Waals surface area contributed by atoms with Crippen LogP contribution in [0.1, 0.15) is 27.8 Å². The van der Waals surface area contributed by atoms with Crippen molar-refractivity contribution >= 4 is 46.5 Å². The summed E-state index contributed by atoms with van der Waals surface area (Å²) in [4.78, 5) is 23.4. The van der Waals surface area contributed by atoms with Gasteiger partial charge in [-0.05, 0) is 50.2 Å². The summed E-state index contributed by atoms with van der Waals surface area (Å²) in [6, 6.07) is 15.3. The van der Waals surface area contributed by atoms with Crippen molar-refractivity contribution in [2.45, 2.75) is 33.7 Å². The second kappa shape index (κ2) is 9.46. The zero-order valence-electron chi connectivity index (χ0n) is 16.3. The van der Waals surface area contributed by atoms with Crippen molar-refractivity contribution in [2.75, 3.05) is 5.32 Å². The Morgan fingerprint density at radius 1 is 1.10 bits per heavy atom. The van der Waals surface area contributed by atoms with Crippen LogP contribution in [0.3, 0.4) is 0 Å². The van der Waals surface area contributed by atoms with Gasteiger partial charge in [0.05, 0.1) is 11.3 Å². The van der Waals surface area contributed by atoms with Gasteiger partial charge in [-0.3, -0.25) is 4.79 Å². The summed E-state index contributed by atoms with van der Waals surface area (Å²) in [7, 11) is 0. The highest BCUT2D eigenvalue weighted by Gasteiger charge is 2.13. The van der Waals surface area contributed by atoms with Gasteiger partial charge in [0.25, 0.3) is 5.91 Å². The number of carbonyl (C=O) groups excluding carboxylic acids is 1. The maximum absolute atomic E-state index is 12.8. The van der Waals surface area contributed by atoms with Gasteiger partial charge in [-0.15, -0.1) is 23.1 Å². The third-order valence-corrected chi connectivity index (χ3v) is 7.09. The molecule has 0 saturated heterocycles. The van der Waals surface area contributed by atoms with Gasteiger partial charge in [-0.25, -0.2) is 4.98 Å². The number of aryl methyl sites for hydroxylation is 2. The Bertz CT molecular complexity index is 1160. The van der Waals surface area contributed by atoms with E-state index in [1.807, 2.05) is 60.8 Å². The lowest BCUT2D eigenvalue weighted by atomic mass is 10.2. The smallest absolute Gasteiger partial charge is 0.256 e. The minimum absolute atomic E-state index is 0.157. The van der Waals surface area contributed by atoms with Crippen LogP contribution in [0.4, 0.5) is 5.69 Å². The third kappa shape index (κ3) is 5.29. The molecule has 0 bridgehead atoms. The fraction of sp³-hybridized carbons (Fsp3) is 0.143. The Balaban J connectivity index is 1.41. The lowest BCUT2D eigenvalue weighted by molar-refractivity contribution is 0.102. The normalized spacial score (nSPS) is 10.9. The number of hydrogen-bond acceptors (Lipinski definition) is 8. The van der Waals surface area contributed by atoms with E-state index >= 15 is 0 Å². The highest BCUT2D eigenvalue weighted by molar-refractivity contribution is 8.01. The highest BCUT2D eigenvalue weighted by atomic mass is 32.2. The first-order chi connectivity index (χ1) is 14.6. The maximum Gasteiger partial charge on any atom is 0.256 e. The molecule has 0 aliphatic heterocycles. The molecule has 2 aromatic carbocycles. The lowest BCUT2D eigenvalue weighted by Crippen LogP contribution is -2.12. The van der Waals surface area contributed by atoms with Crippen molar-refractivity contribution in [1.29, 1.82) is 0 Å². The van der Waals surface area contributed by atoms with Crippen LogP contribution in [0.25, 0.3) is 0 Å². The van der Waals surface area contributed by atoms with E-state index in [4.69, 9.17) is 4.52 Å². The number of aromatic nitrogens is 3. The summed E-state index contributed by atoms with van der Waals surface area (Å²) in [5, 5.41) is 8.80. The van der Waals surface area contributed by atoms with Gasteiger partial charge in [0.15, 0.2) is 10.2 Å². The van der Waals surface area contributed by atoms with E-state index in [-0.39, 0.29) is 5.91 Å². The van der Waals surface area contributed by atoms with E-state index < -0.39 is 0 Å². The molecule has 4 rings (SSSR count). The Morgan fingerprint density at radius 2 is 1.90 bits per heavy atom. The van der Waals surface area contributed by atoms with E-state index in [0.717, 1.165) is 25.5 Å². The average Bonchev–Trinajstić information content (AvgIpc) is 3.35. The van der Waals surface area contributed by atoms with Crippen molar-refractivity contribution in [3.63, 3.8) is 0 Å². The van der Waals surface area contributed by atoms with Crippen molar-refractivity contribution < 1.29 is 9.32 Å². The second-order valence-corrected chi connectivity index (χ2v) is 9.55. The maximum atomic E-state index is 12.8. The van der Waals surface area contributed by atoms with Crippen LogP contribution in [-0.2, 0) is 5.75 Å². The van der Waals surface area contributed by atoms with E-state index in [1.54, 1.807) is 30.0 Å². The van der Waals surface area contributed by atoms with Crippen molar-refractivity contribution in [1.82, 2.24) is 15.1 Å². The molecule has 1 amide bonds. The standard InChI is InChI=1S/C21H18N4O2S3/c1-13-11-29-21(22-13)30-16-9-7-15(8-10-16)24-20(26)17-5-3-4-6-18(17)28-12-19-23-14(2)25-27-19/h3-11H,12H2,1-2H3,(H,24,26). The molecule has 2 heterocycles. The summed E-state index contributed by atoms with van der Waals surface area (Å²) in [6.45, 7) is 3.76. The molecule has 0 radical (unpaired) electrons. The van der Waals surface area contributed by atoms with Crippen LogP contribution >= 0.6 is 34.9 Å². The Labute approximate surface area is 186 Å². The summed E-state index contributed by atoms with van der Waals surface area (Å²) < 4.78 is 6.16. The molecular formula is C21H18N4O2S3. The predicted molar refractivity (Wildman–Crippen MR) is 120 cm³/mol. The summed E-state index contributed by atoms with van der Waals surface area (Å²) in [6.07, 6.45) is 0. The van der Waals surface area contributed by atoms with Crippen LogP contribution in [0, 0.1) is 13.8 Å². The number of thiazole rings is 1. The molecular weight excluding hydrogens is 436 g/mol. The number of rotatable bonds is 7. The van der Waals surface area contributed by atoms with E-state index in [2.05, 4.69) is 20.4 Å². The number of anilines is 1. The molecule has 0 aliphatic carbocycles. The molecule has 1 N–H and O–H groups in total. The van der Waals surface area contributed by atoms with E-state index in [1.165, 1.54) is 11.8 Å². The quantitative estimate of drug-likeness (QED) is 0.351. The number of hydrogen-bond donors (Lipinski definition) is 1. The molecule has 0 aliphatic rings. The van der Waals surface area contributed by atoms with Crippen molar-refractivity contribution in [3.8, 4) is 0 Å². The van der Waals surface area contributed by atoms with Gasteiger partial charge >= 0.3 is 0 Å². The molecule has 4 aromatic rings. The third-order valence-electron chi connectivity index (χ3n) is 3.97. The topological polar surface area (TPSA) is 80.9 Å². The monoisotopic (exact) mass is 454 g/mol. The minimum Gasteiger partial charge on any atom is -0.338 e. The van der Waals surface area contributed by atoms with Crippen LogP contribution in [0.5, 0.6) is 0 Å². The molecule has 0 spiro atoms. The van der Waals surface area contributed by atoms with Crippen LogP contribution in [0.2, 0.25) is 0 Å². The second-order valence-electron chi connectivity index (χ2n) is 6.36. The largest absolute Gasteiger partial charge is 0.338 e. The zero-order chi connectivity index (χ0) is 20.9. The first kappa shape index (κ1) is 20.6. The van der Waals surface area contributed by atoms with Crippen LogP contribution in [-0.4, -0.2) is 21.0 Å². The van der Waals surface area contributed by atoms with Gasteiger partial charge in [0, 0.05) is 26.6 Å². The minimum atomic E-state index is -0.157. The number of thioether (sulfide) groups is 1. The SMILES string of the molecule is Cc1csc(Sc2ccc(NC(=O)c3ccccc3SCc3nc(C)no3)cc2)n1. The number of nitrogens with zero attached hydrogens (tertiary/aromatic N) is 3. The Kier molecular flexibility index (Phi) is 6.51. The molecule has 152 valence electrons. The highest BCUT2D eigenvalue weighted by Crippen LogP contribution is 2.31. The Hall–Kier alpha value is -2.62.